The number of likely N-dealkylation sites (tertiary alicyclic amines) is 1. The molecule has 1 heterocycles. The van der Waals surface area contributed by atoms with Crippen LogP contribution < -0.4 is 0 Å². The molecule has 0 aromatic heterocycles. The predicted molar refractivity (Wildman–Crippen MR) is 72.5 cm³/mol. The fourth-order valence-electron chi connectivity index (χ4n) is 2.48. The molecule has 1 fully saturated rings. The van der Waals surface area contributed by atoms with Gasteiger partial charge in [-0.2, -0.15) is 0 Å². The summed E-state index contributed by atoms with van der Waals surface area (Å²) in [5.74, 6) is -0.179. The Labute approximate surface area is 114 Å². The molecule has 1 aliphatic heterocycles. The third-order valence-corrected chi connectivity index (χ3v) is 3.36. The van der Waals surface area contributed by atoms with Crippen LogP contribution in [0.15, 0.2) is 30.3 Å². The Kier molecular flexibility index (Phi) is 4.93. The number of esters is 1. The van der Waals surface area contributed by atoms with E-state index in [1.165, 1.54) is 0 Å². The molecule has 0 aliphatic carbocycles. The standard InChI is InChI=1S/C15H21NO3/c1-12(17)10-16-9-5-8-14(16)15(18)19-11-13-6-3-2-4-7-13/h2-4,6-7,12,14,17H,5,8-11H2,1H3/t12?,14-/m1/s1. The number of hydrogen-bond donors (Lipinski definition) is 1. The van der Waals surface area contributed by atoms with Gasteiger partial charge in [-0.1, -0.05) is 30.3 Å². The molecule has 0 saturated carbocycles. The third kappa shape index (κ3) is 4.04. The number of benzene rings is 1. The molecule has 1 aromatic rings. The van der Waals surface area contributed by atoms with Crippen molar-refractivity contribution in [2.75, 3.05) is 13.1 Å². The van der Waals surface area contributed by atoms with Gasteiger partial charge in [0.2, 0.25) is 0 Å². The molecule has 2 rings (SSSR count). The van der Waals surface area contributed by atoms with Gasteiger partial charge in [-0.3, -0.25) is 9.69 Å². The van der Waals surface area contributed by atoms with Crippen LogP contribution in [0.25, 0.3) is 0 Å². The molecule has 19 heavy (non-hydrogen) atoms. The van der Waals surface area contributed by atoms with Crippen molar-refractivity contribution in [2.45, 2.75) is 38.5 Å². The quantitative estimate of drug-likeness (QED) is 0.819. The summed E-state index contributed by atoms with van der Waals surface area (Å²) >= 11 is 0. The molecule has 1 unspecified atom stereocenters. The predicted octanol–water partition coefficient (Wildman–Crippen LogP) is 1.57. The van der Waals surface area contributed by atoms with Crippen LogP contribution in [-0.2, 0) is 16.1 Å². The average Bonchev–Trinajstić information content (AvgIpc) is 2.84. The summed E-state index contributed by atoms with van der Waals surface area (Å²) < 4.78 is 5.36. The molecule has 1 aromatic carbocycles. The highest BCUT2D eigenvalue weighted by atomic mass is 16.5. The Morgan fingerprint density at radius 3 is 2.89 bits per heavy atom. The van der Waals surface area contributed by atoms with Gasteiger partial charge in [-0.05, 0) is 31.9 Å². The number of carbonyl (C=O) groups excluding carboxylic acids is 1. The molecule has 0 radical (unpaired) electrons. The van der Waals surface area contributed by atoms with Crippen molar-refractivity contribution in [2.24, 2.45) is 0 Å². The van der Waals surface area contributed by atoms with E-state index < -0.39 is 6.10 Å². The molecular weight excluding hydrogens is 242 g/mol. The zero-order valence-corrected chi connectivity index (χ0v) is 11.3. The Morgan fingerprint density at radius 2 is 2.21 bits per heavy atom. The van der Waals surface area contributed by atoms with E-state index in [1.807, 2.05) is 35.2 Å². The average molecular weight is 263 g/mol. The largest absolute Gasteiger partial charge is 0.460 e. The summed E-state index contributed by atoms with van der Waals surface area (Å²) in [5, 5.41) is 9.43. The summed E-state index contributed by atoms with van der Waals surface area (Å²) in [6, 6.07) is 9.48. The van der Waals surface area contributed by atoms with Crippen molar-refractivity contribution < 1.29 is 14.6 Å². The van der Waals surface area contributed by atoms with Gasteiger partial charge >= 0.3 is 5.97 Å². The first-order chi connectivity index (χ1) is 9.16. The number of rotatable bonds is 5. The molecule has 0 bridgehead atoms. The van der Waals surface area contributed by atoms with Crippen molar-refractivity contribution >= 4 is 5.97 Å². The molecule has 1 N–H and O–H groups in total. The van der Waals surface area contributed by atoms with Gasteiger partial charge in [0, 0.05) is 6.54 Å². The van der Waals surface area contributed by atoms with Crippen LogP contribution in [0.1, 0.15) is 25.3 Å². The first-order valence-corrected chi connectivity index (χ1v) is 6.79. The number of ether oxygens (including phenoxy) is 1. The number of β-amino-alcohol motifs (C(OH)–C–C–N with tert-alkyl or cyclic N) is 1. The number of carbonyl (C=O) groups is 1. The normalized spacial score (nSPS) is 21.3. The monoisotopic (exact) mass is 263 g/mol. The minimum absolute atomic E-state index is 0.179. The SMILES string of the molecule is CC(O)CN1CCC[C@@H]1C(=O)OCc1ccccc1. The smallest absolute Gasteiger partial charge is 0.323 e. The second kappa shape index (κ2) is 6.68. The Morgan fingerprint density at radius 1 is 1.47 bits per heavy atom. The van der Waals surface area contributed by atoms with Gasteiger partial charge in [-0.15, -0.1) is 0 Å². The van der Waals surface area contributed by atoms with E-state index >= 15 is 0 Å². The maximum absolute atomic E-state index is 12.1. The lowest BCUT2D eigenvalue weighted by Gasteiger charge is -2.24. The molecule has 1 aliphatic rings. The second-order valence-electron chi connectivity index (χ2n) is 5.10. The van der Waals surface area contributed by atoms with Gasteiger partial charge in [-0.25, -0.2) is 0 Å². The zero-order valence-electron chi connectivity index (χ0n) is 11.3. The fraction of sp³-hybridized carbons (Fsp3) is 0.533. The minimum Gasteiger partial charge on any atom is -0.460 e. The van der Waals surface area contributed by atoms with Crippen molar-refractivity contribution in [1.29, 1.82) is 0 Å². The van der Waals surface area contributed by atoms with Crippen molar-refractivity contribution in [3.05, 3.63) is 35.9 Å². The molecule has 4 heteroatoms. The van der Waals surface area contributed by atoms with E-state index in [0.717, 1.165) is 24.9 Å². The minimum atomic E-state index is -0.414. The number of nitrogens with zero attached hydrogens (tertiary/aromatic N) is 1. The van der Waals surface area contributed by atoms with Crippen LogP contribution in [0.2, 0.25) is 0 Å². The third-order valence-electron chi connectivity index (χ3n) is 3.36. The number of aliphatic hydroxyl groups is 1. The maximum Gasteiger partial charge on any atom is 0.323 e. The summed E-state index contributed by atoms with van der Waals surface area (Å²) in [4.78, 5) is 14.1. The lowest BCUT2D eigenvalue weighted by Crippen LogP contribution is -2.40. The fourth-order valence-corrected chi connectivity index (χ4v) is 2.48. The van der Waals surface area contributed by atoms with Gasteiger partial charge < -0.3 is 9.84 Å². The highest BCUT2D eigenvalue weighted by Gasteiger charge is 2.32. The van der Waals surface area contributed by atoms with Gasteiger partial charge in [0.15, 0.2) is 0 Å². The van der Waals surface area contributed by atoms with E-state index in [4.69, 9.17) is 4.74 Å². The summed E-state index contributed by atoms with van der Waals surface area (Å²) in [6.07, 6.45) is 1.39. The Balaban J connectivity index is 1.85. The summed E-state index contributed by atoms with van der Waals surface area (Å²) in [7, 11) is 0. The van der Waals surface area contributed by atoms with Crippen LogP contribution in [0.4, 0.5) is 0 Å². The summed E-state index contributed by atoms with van der Waals surface area (Å²) in [6.45, 7) is 3.45. The first-order valence-electron chi connectivity index (χ1n) is 6.79. The van der Waals surface area contributed by atoms with Gasteiger partial charge in [0.05, 0.1) is 6.10 Å². The van der Waals surface area contributed by atoms with E-state index in [2.05, 4.69) is 0 Å². The molecule has 0 spiro atoms. The first kappa shape index (κ1) is 14.0. The van der Waals surface area contributed by atoms with E-state index in [9.17, 15) is 9.90 Å². The van der Waals surface area contributed by atoms with E-state index in [1.54, 1.807) is 6.92 Å². The van der Waals surface area contributed by atoms with E-state index in [0.29, 0.717) is 13.2 Å². The van der Waals surface area contributed by atoms with Crippen molar-refractivity contribution in [3.63, 3.8) is 0 Å². The number of aliphatic hydroxyl groups excluding tert-OH is 1. The lowest BCUT2D eigenvalue weighted by atomic mass is 10.2. The highest BCUT2D eigenvalue weighted by Crippen LogP contribution is 2.19. The van der Waals surface area contributed by atoms with Crippen molar-refractivity contribution in [1.82, 2.24) is 4.90 Å². The Hall–Kier alpha value is -1.39. The van der Waals surface area contributed by atoms with Gasteiger partial charge in [0.1, 0.15) is 12.6 Å². The lowest BCUT2D eigenvalue weighted by molar-refractivity contribution is -0.150. The van der Waals surface area contributed by atoms with Gasteiger partial charge in [0.25, 0.3) is 0 Å². The number of hydrogen-bond acceptors (Lipinski definition) is 4. The van der Waals surface area contributed by atoms with E-state index in [-0.39, 0.29) is 12.0 Å². The van der Waals surface area contributed by atoms with Crippen LogP contribution in [-0.4, -0.2) is 41.2 Å². The molecular formula is C15H21NO3. The molecule has 2 atom stereocenters. The molecule has 4 nitrogen and oxygen atoms in total. The molecule has 104 valence electrons. The van der Waals surface area contributed by atoms with Crippen LogP contribution in [0.3, 0.4) is 0 Å². The maximum atomic E-state index is 12.1. The summed E-state index contributed by atoms with van der Waals surface area (Å²) in [5.41, 5.74) is 0.996. The Bertz CT molecular complexity index is 405. The van der Waals surface area contributed by atoms with Crippen LogP contribution >= 0.6 is 0 Å². The molecule has 0 amide bonds. The highest BCUT2D eigenvalue weighted by molar-refractivity contribution is 5.76. The zero-order chi connectivity index (χ0) is 13.7. The molecule has 1 saturated heterocycles. The van der Waals surface area contributed by atoms with Crippen LogP contribution in [0, 0.1) is 0 Å². The van der Waals surface area contributed by atoms with Crippen molar-refractivity contribution in [3.8, 4) is 0 Å². The topological polar surface area (TPSA) is 49.8 Å². The van der Waals surface area contributed by atoms with Crippen LogP contribution in [0.5, 0.6) is 0 Å². The second-order valence-corrected chi connectivity index (χ2v) is 5.10.